The van der Waals surface area contributed by atoms with Crippen molar-refractivity contribution >= 4 is 0 Å². The van der Waals surface area contributed by atoms with Crippen molar-refractivity contribution in [3.05, 3.63) is 29.6 Å². The molecule has 3 heteroatoms. The lowest BCUT2D eigenvalue weighted by molar-refractivity contribution is 0.284. The summed E-state index contributed by atoms with van der Waals surface area (Å²) in [5.41, 5.74) is 0.951. The second-order valence-electron chi connectivity index (χ2n) is 5.76. The fourth-order valence-electron chi connectivity index (χ4n) is 2.59. The number of rotatable bonds is 4. The lowest BCUT2D eigenvalue weighted by Gasteiger charge is -2.25. The third kappa shape index (κ3) is 2.37. The molecule has 0 aromatic heterocycles. The predicted octanol–water partition coefficient (Wildman–Crippen LogP) is 3.21. The molecular weight excluding hydrogens is 229 g/mol. The number of benzene rings is 1. The largest absolute Gasteiger partial charge is 0.490 e. The molecule has 0 bridgehead atoms. The van der Waals surface area contributed by atoms with E-state index < -0.39 is 0 Å². The Morgan fingerprint density at radius 2 is 2.28 bits per heavy atom. The molecule has 2 nitrogen and oxygen atoms in total. The molecular formula is C15H20FNO. The van der Waals surface area contributed by atoms with Crippen LogP contribution in [0.3, 0.4) is 0 Å². The monoisotopic (exact) mass is 249 g/mol. The molecule has 1 aliphatic carbocycles. The van der Waals surface area contributed by atoms with E-state index in [1.54, 1.807) is 12.1 Å². The van der Waals surface area contributed by atoms with Gasteiger partial charge in [0, 0.05) is 5.54 Å². The SMILES string of the molecule is CC1(c2ccc(OCC3CC3)c(F)c2)CCCN1. The number of hydrogen-bond acceptors (Lipinski definition) is 2. The van der Waals surface area contributed by atoms with Crippen molar-refractivity contribution in [3.63, 3.8) is 0 Å². The van der Waals surface area contributed by atoms with Gasteiger partial charge in [-0.2, -0.15) is 0 Å². The highest BCUT2D eigenvalue weighted by Gasteiger charge is 2.30. The molecule has 1 unspecified atom stereocenters. The van der Waals surface area contributed by atoms with Crippen LogP contribution in [0, 0.1) is 11.7 Å². The van der Waals surface area contributed by atoms with Gasteiger partial charge >= 0.3 is 0 Å². The molecule has 1 heterocycles. The molecule has 1 N–H and O–H groups in total. The Morgan fingerprint density at radius 3 is 2.89 bits per heavy atom. The Morgan fingerprint density at radius 1 is 1.44 bits per heavy atom. The van der Waals surface area contributed by atoms with Crippen molar-refractivity contribution in [1.29, 1.82) is 0 Å². The van der Waals surface area contributed by atoms with Crippen LogP contribution in [0.1, 0.15) is 38.2 Å². The first-order valence-electron chi connectivity index (χ1n) is 6.85. The molecule has 1 atom stereocenters. The second-order valence-corrected chi connectivity index (χ2v) is 5.76. The van der Waals surface area contributed by atoms with Crippen LogP contribution in [0.4, 0.5) is 4.39 Å². The van der Waals surface area contributed by atoms with E-state index >= 15 is 0 Å². The molecule has 1 aliphatic heterocycles. The lowest BCUT2D eigenvalue weighted by atomic mass is 9.90. The summed E-state index contributed by atoms with van der Waals surface area (Å²) in [5, 5.41) is 3.45. The average Bonchev–Trinajstić information content (AvgIpc) is 3.08. The molecule has 18 heavy (non-hydrogen) atoms. The van der Waals surface area contributed by atoms with E-state index in [-0.39, 0.29) is 11.4 Å². The normalized spacial score (nSPS) is 27.4. The van der Waals surface area contributed by atoms with Crippen LogP contribution >= 0.6 is 0 Å². The van der Waals surface area contributed by atoms with E-state index in [2.05, 4.69) is 12.2 Å². The minimum atomic E-state index is -0.233. The minimum Gasteiger partial charge on any atom is -0.490 e. The highest BCUT2D eigenvalue weighted by molar-refractivity contribution is 5.33. The summed E-state index contributed by atoms with van der Waals surface area (Å²) >= 11 is 0. The Bertz CT molecular complexity index is 436. The lowest BCUT2D eigenvalue weighted by Crippen LogP contribution is -2.33. The molecule has 1 aromatic rings. The van der Waals surface area contributed by atoms with E-state index in [9.17, 15) is 4.39 Å². The van der Waals surface area contributed by atoms with Crippen LogP contribution in [-0.4, -0.2) is 13.2 Å². The maximum atomic E-state index is 14.0. The summed E-state index contributed by atoms with van der Waals surface area (Å²) in [7, 11) is 0. The highest BCUT2D eigenvalue weighted by atomic mass is 19.1. The predicted molar refractivity (Wildman–Crippen MR) is 69.2 cm³/mol. The smallest absolute Gasteiger partial charge is 0.165 e. The summed E-state index contributed by atoms with van der Waals surface area (Å²) in [6.07, 6.45) is 4.66. The van der Waals surface area contributed by atoms with Crippen LogP contribution in [0.15, 0.2) is 18.2 Å². The van der Waals surface area contributed by atoms with Crippen molar-refractivity contribution in [2.45, 2.75) is 38.1 Å². The molecule has 2 aliphatic rings. The maximum absolute atomic E-state index is 14.0. The van der Waals surface area contributed by atoms with Crippen LogP contribution in [0.5, 0.6) is 5.75 Å². The third-order valence-electron chi connectivity index (χ3n) is 4.11. The zero-order chi connectivity index (χ0) is 12.6. The van der Waals surface area contributed by atoms with Crippen LogP contribution in [0.2, 0.25) is 0 Å². The van der Waals surface area contributed by atoms with Crippen LogP contribution in [-0.2, 0) is 5.54 Å². The second kappa shape index (κ2) is 4.54. The molecule has 0 spiro atoms. The van der Waals surface area contributed by atoms with Gasteiger partial charge in [-0.25, -0.2) is 4.39 Å². The maximum Gasteiger partial charge on any atom is 0.165 e. The van der Waals surface area contributed by atoms with E-state index in [4.69, 9.17) is 4.74 Å². The van der Waals surface area contributed by atoms with Crippen LogP contribution in [0.25, 0.3) is 0 Å². The number of nitrogens with one attached hydrogen (secondary N) is 1. The van der Waals surface area contributed by atoms with Gasteiger partial charge in [-0.15, -0.1) is 0 Å². The molecule has 1 saturated heterocycles. The van der Waals surface area contributed by atoms with Crippen molar-refractivity contribution in [3.8, 4) is 5.75 Å². The van der Waals surface area contributed by atoms with Gasteiger partial charge in [0.15, 0.2) is 11.6 Å². The van der Waals surface area contributed by atoms with E-state index in [0.717, 1.165) is 24.9 Å². The first-order chi connectivity index (χ1) is 8.67. The zero-order valence-corrected chi connectivity index (χ0v) is 10.8. The summed E-state index contributed by atoms with van der Waals surface area (Å²) in [5.74, 6) is 0.813. The van der Waals surface area contributed by atoms with Gasteiger partial charge in [0.25, 0.3) is 0 Å². The van der Waals surface area contributed by atoms with E-state index in [1.165, 1.54) is 12.8 Å². The Labute approximate surface area is 108 Å². The van der Waals surface area contributed by atoms with Gasteiger partial charge in [0.05, 0.1) is 6.61 Å². The summed E-state index contributed by atoms with van der Waals surface area (Å²) < 4.78 is 19.5. The highest BCUT2D eigenvalue weighted by Crippen LogP contribution is 2.34. The first kappa shape index (κ1) is 12.0. The Hall–Kier alpha value is -1.09. The van der Waals surface area contributed by atoms with E-state index in [1.807, 2.05) is 6.07 Å². The standard InChI is InChI=1S/C15H20FNO/c1-15(7-2-8-17-15)12-5-6-14(13(16)9-12)18-10-11-3-4-11/h5-6,9,11,17H,2-4,7-8,10H2,1H3. The van der Waals surface area contributed by atoms with Crippen molar-refractivity contribution < 1.29 is 9.13 Å². The van der Waals surface area contributed by atoms with Gasteiger partial charge < -0.3 is 10.1 Å². The zero-order valence-electron chi connectivity index (χ0n) is 10.8. The van der Waals surface area contributed by atoms with E-state index in [0.29, 0.717) is 18.3 Å². The van der Waals surface area contributed by atoms with Gasteiger partial charge in [-0.05, 0) is 62.8 Å². The van der Waals surface area contributed by atoms with Crippen LogP contribution < -0.4 is 10.1 Å². The third-order valence-corrected chi connectivity index (χ3v) is 4.11. The summed E-state index contributed by atoms with van der Waals surface area (Å²) in [6, 6.07) is 5.39. The molecule has 3 rings (SSSR count). The molecule has 0 radical (unpaired) electrons. The van der Waals surface area contributed by atoms with Gasteiger partial charge in [-0.3, -0.25) is 0 Å². The Kier molecular flexibility index (Phi) is 3.02. The van der Waals surface area contributed by atoms with Gasteiger partial charge in [-0.1, -0.05) is 6.07 Å². The molecule has 0 amide bonds. The summed E-state index contributed by atoms with van der Waals surface area (Å²) in [4.78, 5) is 0. The molecule has 1 aromatic carbocycles. The Balaban J connectivity index is 1.74. The number of hydrogen-bond donors (Lipinski definition) is 1. The minimum absolute atomic E-state index is 0.0735. The quantitative estimate of drug-likeness (QED) is 0.884. The molecule has 98 valence electrons. The van der Waals surface area contributed by atoms with Crippen molar-refractivity contribution in [2.75, 3.05) is 13.2 Å². The first-order valence-corrected chi connectivity index (χ1v) is 6.85. The number of halogens is 1. The molecule has 1 saturated carbocycles. The summed E-state index contributed by atoms with van der Waals surface area (Å²) in [6.45, 7) is 3.81. The number of ether oxygens (including phenoxy) is 1. The molecule has 2 fully saturated rings. The fraction of sp³-hybridized carbons (Fsp3) is 0.600. The topological polar surface area (TPSA) is 21.3 Å². The van der Waals surface area contributed by atoms with Crippen molar-refractivity contribution in [2.24, 2.45) is 5.92 Å². The van der Waals surface area contributed by atoms with Crippen molar-refractivity contribution in [1.82, 2.24) is 5.32 Å². The fourth-order valence-corrected chi connectivity index (χ4v) is 2.59. The van der Waals surface area contributed by atoms with Gasteiger partial charge in [0.2, 0.25) is 0 Å². The average molecular weight is 249 g/mol. The van der Waals surface area contributed by atoms with Gasteiger partial charge in [0.1, 0.15) is 0 Å².